The third-order valence-electron chi connectivity index (χ3n) is 4.40. The second-order valence-corrected chi connectivity index (χ2v) is 6.43. The molecule has 139 valence electrons. The molecule has 1 unspecified atom stereocenters. The van der Waals surface area contributed by atoms with Gasteiger partial charge in [0.15, 0.2) is 5.82 Å². The van der Waals surface area contributed by atoms with Crippen LogP contribution in [0.15, 0.2) is 12.3 Å². The third kappa shape index (κ3) is 4.93. The average molecular weight is 351 g/mol. The van der Waals surface area contributed by atoms with Gasteiger partial charge < -0.3 is 20.1 Å². The molecule has 0 bridgehead atoms. The number of nitrogens with one attached hydrogen (secondary N) is 1. The number of amides is 1. The zero-order chi connectivity index (χ0) is 18.4. The predicted octanol–water partition coefficient (Wildman–Crippen LogP) is 1.20. The van der Waals surface area contributed by atoms with E-state index in [1.807, 2.05) is 19.9 Å². The maximum Gasteiger partial charge on any atom is 0.421 e. The molecule has 2 atom stereocenters. The number of nitrogens with zero attached hydrogens (tertiary/aromatic N) is 4. The van der Waals surface area contributed by atoms with Crippen LogP contribution in [-0.4, -0.2) is 65.8 Å². The van der Waals surface area contributed by atoms with Crippen molar-refractivity contribution in [1.29, 1.82) is 0 Å². The van der Waals surface area contributed by atoms with Gasteiger partial charge in [-0.3, -0.25) is 0 Å². The van der Waals surface area contributed by atoms with Crippen molar-refractivity contribution >= 4 is 17.6 Å². The molecule has 0 aliphatic carbocycles. The molecule has 1 amide bonds. The van der Waals surface area contributed by atoms with Crippen LogP contribution in [0.2, 0.25) is 0 Å². The Morgan fingerprint density at radius 3 is 3.00 bits per heavy atom. The molecule has 1 saturated heterocycles. The highest BCUT2D eigenvalue weighted by molar-refractivity contribution is 5.65. The van der Waals surface area contributed by atoms with Crippen molar-refractivity contribution in [2.45, 2.75) is 26.3 Å². The summed E-state index contributed by atoms with van der Waals surface area (Å²) in [5, 5.41) is 21.4. The first-order valence-corrected chi connectivity index (χ1v) is 8.31. The van der Waals surface area contributed by atoms with Gasteiger partial charge in [0.05, 0.1) is 24.5 Å². The Hall–Kier alpha value is -2.13. The number of rotatable bonds is 8. The van der Waals surface area contributed by atoms with Crippen molar-refractivity contribution in [1.82, 2.24) is 15.2 Å². The smallest absolute Gasteiger partial charge is 0.421 e. The number of methoxy groups -OCH3 is 1. The van der Waals surface area contributed by atoms with E-state index in [1.54, 1.807) is 13.3 Å². The normalized spacial score (nSPS) is 18.4. The van der Waals surface area contributed by atoms with E-state index in [0.29, 0.717) is 19.0 Å². The second-order valence-electron chi connectivity index (χ2n) is 6.43. The van der Waals surface area contributed by atoms with Gasteiger partial charge in [0.1, 0.15) is 0 Å². The Balaban J connectivity index is 2.04. The highest BCUT2D eigenvalue weighted by Gasteiger charge is 2.36. The number of carbonyl (C=O) groups is 1. The van der Waals surface area contributed by atoms with Crippen molar-refractivity contribution in [2.24, 2.45) is 11.8 Å². The van der Waals surface area contributed by atoms with Crippen LogP contribution in [0.5, 0.6) is 0 Å². The van der Waals surface area contributed by atoms with Gasteiger partial charge in [0, 0.05) is 38.7 Å². The molecule has 0 saturated carbocycles. The second kappa shape index (κ2) is 8.82. The largest absolute Gasteiger partial charge is 0.464 e. The summed E-state index contributed by atoms with van der Waals surface area (Å²) < 4.78 is 5.01. The van der Waals surface area contributed by atoms with Gasteiger partial charge >= 0.3 is 6.09 Å². The van der Waals surface area contributed by atoms with Gasteiger partial charge in [-0.15, -0.1) is 5.10 Å². The van der Waals surface area contributed by atoms with Gasteiger partial charge in [0.25, 0.3) is 0 Å². The highest BCUT2D eigenvalue weighted by Crippen LogP contribution is 2.31. The van der Waals surface area contributed by atoms with Crippen LogP contribution in [0.4, 0.5) is 16.3 Å². The molecule has 2 heterocycles. The molecule has 9 heteroatoms. The standard InChI is InChI=1S/C16H27N6O3/c1-11(2)15(22(17)16(23)24)12-4-6-21(10-12)13-8-14(20-19-9-13)18-5-7-25-3/h8-9,12,15H,4-7,10,17H2,1-3H3,(H,18,20)(H,23,24)/t12?,15-/m1/s1. The molecular formula is C16H27N6O3. The number of nitrogens with two attached hydrogens (primary N) is 1. The molecule has 25 heavy (non-hydrogen) atoms. The summed E-state index contributed by atoms with van der Waals surface area (Å²) in [7, 11) is 1.65. The van der Waals surface area contributed by atoms with Crippen LogP contribution in [-0.2, 0) is 4.74 Å². The molecule has 9 nitrogen and oxygen atoms in total. The van der Waals surface area contributed by atoms with Crippen LogP contribution in [0.25, 0.3) is 0 Å². The van der Waals surface area contributed by atoms with Crippen molar-refractivity contribution in [2.75, 3.05) is 43.6 Å². The van der Waals surface area contributed by atoms with Crippen molar-refractivity contribution in [3.63, 3.8) is 0 Å². The monoisotopic (exact) mass is 351 g/mol. The first-order valence-electron chi connectivity index (χ1n) is 8.31. The Labute approximate surface area is 148 Å². The van der Waals surface area contributed by atoms with Gasteiger partial charge in [-0.05, 0) is 12.3 Å². The zero-order valence-electron chi connectivity index (χ0n) is 15.0. The minimum absolute atomic E-state index is 0.143. The maximum absolute atomic E-state index is 11.3. The molecule has 2 rings (SSSR count). The van der Waals surface area contributed by atoms with Gasteiger partial charge in [-0.2, -0.15) is 5.10 Å². The van der Waals surface area contributed by atoms with Gasteiger partial charge in [-0.25, -0.2) is 15.6 Å². The number of anilines is 2. The topological polar surface area (TPSA) is 117 Å². The van der Waals surface area contributed by atoms with Crippen LogP contribution >= 0.6 is 0 Å². The predicted molar refractivity (Wildman–Crippen MR) is 95.1 cm³/mol. The molecule has 1 aromatic rings. The summed E-state index contributed by atoms with van der Waals surface area (Å²) in [6.07, 6.45) is 1.48. The quantitative estimate of drug-likeness (QED) is 0.277. The molecule has 0 spiro atoms. The number of hydrazine groups is 1. The Morgan fingerprint density at radius 1 is 1.60 bits per heavy atom. The first kappa shape index (κ1) is 19.2. The molecule has 1 aliphatic heterocycles. The van der Waals surface area contributed by atoms with E-state index >= 15 is 0 Å². The van der Waals surface area contributed by atoms with Gasteiger partial charge in [-0.1, -0.05) is 13.8 Å². The molecule has 4 N–H and O–H groups in total. The van der Waals surface area contributed by atoms with E-state index in [9.17, 15) is 9.90 Å². The summed E-state index contributed by atoms with van der Waals surface area (Å²) in [6.45, 7) is 6.63. The summed E-state index contributed by atoms with van der Waals surface area (Å²) in [5.41, 5.74) is 0.962. The fourth-order valence-electron chi connectivity index (χ4n) is 3.27. The lowest BCUT2D eigenvalue weighted by Gasteiger charge is -2.33. The summed E-state index contributed by atoms with van der Waals surface area (Å²) in [6, 6.07) is 1.65. The Morgan fingerprint density at radius 2 is 2.36 bits per heavy atom. The third-order valence-corrected chi connectivity index (χ3v) is 4.40. The van der Waals surface area contributed by atoms with Crippen molar-refractivity contribution in [3.05, 3.63) is 18.2 Å². The number of ether oxygens (including phenoxy) is 1. The zero-order valence-corrected chi connectivity index (χ0v) is 15.0. The van der Waals surface area contributed by atoms with Crippen molar-refractivity contribution in [3.8, 4) is 0 Å². The number of carboxylic acid groups (broad SMARTS) is 1. The highest BCUT2D eigenvalue weighted by atomic mass is 16.5. The lowest BCUT2D eigenvalue weighted by Crippen LogP contribution is -2.51. The summed E-state index contributed by atoms with van der Waals surface area (Å²) in [5.74, 6) is 7.60. The van der Waals surface area contributed by atoms with E-state index in [2.05, 4.69) is 20.4 Å². The fraction of sp³-hybridized carbons (Fsp3) is 0.625. The number of aromatic nitrogens is 2. The Kier molecular flexibility index (Phi) is 6.77. The molecule has 1 aromatic heterocycles. The van der Waals surface area contributed by atoms with Crippen LogP contribution in [0.1, 0.15) is 20.3 Å². The van der Waals surface area contributed by atoms with Gasteiger partial charge in [0.2, 0.25) is 0 Å². The minimum Gasteiger partial charge on any atom is -0.464 e. The summed E-state index contributed by atoms with van der Waals surface area (Å²) in [4.78, 5) is 13.4. The molecule has 1 radical (unpaired) electrons. The molecule has 1 fully saturated rings. The minimum atomic E-state index is -1.11. The van der Waals surface area contributed by atoms with Crippen LogP contribution in [0, 0.1) is 11.8 Å². The van der Waals surface area contributed by atoms with E-state index in [-0.39, 0.29) is 12.0 Å². The number of hydrogen-bond donors (Lipinski definition) is 3. The van der Waals surface area contributed by atoms with Crippen molar-refractivity contribution < 1.29 is 14.6 Å². The summed E-state index contributed by atoms with van der Waals surface area (Å²) >= 11 is 0. The van der Waals surface area contributed by atoms with E-state index in [4.69, 9.17) is 10.6 Å². The molecular weight excluding hydrogens is 324 g/mol. The lowest BCUT2D eigenvalue weighted by molar-refractivity contribution is 0.112. The number of hydrogen-bond acceptors (Lipinski definition) is 7. The van der Waals surface area contributed by atoms with Crippen LogP contribution in [0.3, 0.4) is 0 Å². The fourth-order valence-corrected chi connectivity index (χ4v) is 3.27. The Bertz CT molecular complexity index is 571. The van der Waals surface area contributed by atoms with E-state index in [1.165, 1.54) is 0 Å². The average Bonchev–Trinajstić information content (AvgIpc) is 3.04. The maximum atomic E-state index is 11.3. The lowest BCUT2D eigenvalue weighted by atomic mass is 9.89. The van der Waals surface area contributed by atoms with E-state index < -0.39 is 6.09 Å². The SMILES string of the molecule is COCCNc1cc(N2CCC([C@@H]([C](C)C)N(N)C(=O)O)C2)cnn1. The molecule has 0 aromatic carbocycles. The van der Waals surface area contributed by atoms with E-state index in [0.717, 1.165) is 36.1 Å². The van der Waals surface area contributed by atoms with Crippen LogP contribution < -0.4 is 16.1 Å². The molecule has 1 aliphatic rings. The first-order chi connectivity index (χ1) is 11.9.